The van der Waals surface area contributed by atoms with Gasteiger partial charge in [-0.15, -0.1) is 17.8 Å². The molecular formula is C21H18N4O2S. The lowest BCUT2D eigenvalue weighted by Crippen LogP contribution is -2.02. The molecule has 7 heteroatoms. The fourth-order valence-electron chi connectivity index (χ4n) is 2.91. The van der Waals surface area contributed by atoms with Crippen LogP contribution in [-0.4, -0.2) is 28.1 Å². The molecule has 0 unspecified atom stereocenters. The number of terminal acetylenes is 1. The van der Waals surface area contributed by atoms with Crippen molar-refractivity contribution in [1.82, 2.24) is 14.4 Å². The molecule has 0 fully saturated rings. The highest BCUT2D eigenvalue weighted by Gasteiger charge is 2.16. The van der Waals surface area contributed by atoms with Crippen molar-refractivity contribution in [3.05, 3.63) is 59.2 Å². The summed E-state index contributed by atoms with van der Waals surface area (Å²) in [6, 6.07) is 9.83. The van der Waals surface area contributed by atoms with Crippen LogP contribution in [0.25, 0.3) is 16.9 Å². The molecule has 0 radical (unpaired) electrons. The third kappa shape index (κ3) is 3.50. The number of fused-ring (bicyclic) bond motifs is 1. The van der Waals surface area contributed by atoms with Crippen LogP contribution in [0.3, 0.4) is 0 Å². The lowest BCUT2D eigenvalue weighted by atomic mass is 10.1. The van der Waals surface area contributed by atoms with Crippen molar-refractivity contribution in [2.24, 2.45) is 0 Å². The summed E-state index contributed by atoms with van der Waals surface area (Å²) in [7, 11) is 1.60. The predicted molar refractivity (Wildman–Crippen MR) is 111 cm³/mol. The molecule has 0 spiro atoms. The third-order valence-electron chi connectivity index (χ3n) is 4.19. The van der Waals surface area contributed by atoms with Crippen molar-refractivity contribution in [1.29, 1.82) is 0 Å². The summed E-state index contributed by atoms with van der Waals surface area (Å²) >= 11 is 1.71. The number of nitrogens with one attached hydrogen (secondary N) is 1. The molecule has 0 aliphatic rings. The van der Waals surface area contributed by atoms with E-state index in [1.165, 1.54) is 4.88 Å². The van der Waals surface area contributed by atoms with Crippen molar-refractivity contribution in [2.45, 2.75) is 6.54 Å². The normalized spacial score (nSPS) is 10.6. The summed E-state index contributed by atoms with van der Waals surface area (Å²) in [6.07, 6.45) is 10.7. The van der Waals surface area contributed by atoms with E-state index in [-0.39, 0.29) is 6.61 Å². The van der Waals surface area contributed by atoms with Crippen LogP contribution in [0.4, 0.5) is 5.82 Å². The maximum absolute atomic E-state index is 5.54. The monoisotopic (exact) mass is 390 g/mol. The van der Waals surface area contributed by atoms with E-state index in [0.717, 1.165) is 22.7 Å². The zero-order valence-electron chi connectivity index (χ0n) is 15.3. The van der Waals surface area contributed by atoms with Gasteiger partial charge in [0.15, 0.2) is 17.1 Å². The number of ether oxygens (including phenoxy) is 2. The summed E-state index contributed by atoms with van der Waals surface area (Å²) in [5, 5.41) is 5.57. The Bertz CT molecular complexity index is 1130. The fourth-order valence-corrected chi connectivity index (χ4v) is 3.56. The Hall–Kier alpha value is -3.50. The number of thiophene rings is 1. The maximum Gasteiger partial charge on any atom is 0.162 e. The Morgan fingerprint density at radius 2 is 2.21 bits per heavy atom. The van der Waals surface area contributed by atoms with Crippen LogP contribution in [0.5, 0.6) is 11.5 Å². The molecule has 4 aromatic rings. The molecule has 1 aromatic carbocycles. The van der Waals surface area contributed by atoms with Gasteiger partial charge in [-0.05, 0) is 29.6 Å². The molecule has 3 aromatic heterocycles. The van der Waals surface area contributed by atoms with Gasteiger partial charge in [0, 0.05) is 22.8 Å². The first-order chi connectivity index (χ1) is 13.8. The van der Waals surface area contributed by atoms with Gasteiger partial charge >= 0.3 is 0 Å². The van der Waals surface area contributed by atoms with E-state index in [9.17, 15) is 0 Å². The van der Waals surface area contributed by atoms with Crippen molar-refractivity contribution < 1.29 is 9.47 Å². The molecule has 0 aliphatic heterocycles. The Labute approximate surface area is 166 Å². The van der Waals surface area contributed by atoms with Crippen LogP contribution in [-0.2, 0) is 6.54 Å². The van der Waals surface area contributed by atoms with Gasteiger partial charge in [0.25, 0.3) is 0 Å². The number of anilines is 1. The topological polar surface area (TPSA) is 60.7 Å². The quantitative estimate of drug-likeness (QED) is 0.482. The second-order valence-corrected chi connectivity index (χ2v) is 6.94. The van der Waals surface area contributed by atoms with E-state index in [1.807, 2.05) is 34.9 Å². The highest BCUT2D eigenvalue weighted by Crippen LogP contribution is 2.35. The van der Waals surface area contributed by atoms with Gasteiger partial charge in [-0.2, -0.15) is 0 Å². The van der Waals surface area contributed by atoms with Crippen LogP contribution < -0.4 is 14.8 Å². The number of imidazole rings is 1. The van der Waals surface area contributed by atoms with E-state index >= 15 is 0 Å². The van der Waals surface area contributed by atoms with Crippen molar-refractivity contribution >= 4 is 22.8 Å². The van der Waals surface area contributed by atoms with Crippen LogP contribution in [0.2, 0.25) is 0 Å². The minimum atomic E-state index is 0.184. The van der Waals surface area contributed by atoms with Crippen molar-refractivity contribution in [3.8, 4) is 35.1 Å². The van der Waals surface area contributed by atoms with E-state index in [4.69, 9.17) is 20.9 Å². The number of methoxy groups -OCH3 is 1. The molecule has 6 nitrogen and oxygen atoms in total. The summed E-state index contributed by atoms with van der Waals surface area (Å²) in [5.41, 5.74) is 2.48. The second-order valence-electron chi connectivity index (χ2n) is 5.90. The van der Waals surface area contributed by atoms with Gasteiger partial charge < -0.3 is 14.8 Å². The molecular weight excluding hydrogens is 372 g/mol. The minimum Gasteiger partial charge on any atom is -0.493 e. The van der Waals surface area contributed by atoms with Gasteiger partial charge in [0.05, 0.1) is 19.9 Å². The molecule has 3 heterocycles. The van der Waals surface area contributed by atoms with Crippen molar-refractivity contribution in [2.75, 3.05) is 19.0 Å². The summed E-state index contributed by atoms with van der Waals surface area (Å²) in [5.74, 6) is 4.56. The molecule has 140 valence electrons. The van der Waals surface area contributed by atoms with Gasteiger partial charge in [-0.3, -0.25) is 9.38 Å². The van der Waals surface area contributed by atoms with Gasteiger partial charge in [-0.25, -0.2) is 4.98 Å². The highest BCUT2D eigenvalue weighted by atomic mass is 32.1. The van der Waals surface area contributed by atoms with E-state index in [0.29, 0.717) is 18.0 Å². The Balaban J connectivity index is 1.75. The zero-order valence-corrected chi connectivity index (χ0v) is 16.1. The first-order valence-electron chi connectivity index (χ1n) is 8.63. The first-order valence-corrected chi connectivity index (χ1v) is 9.51. The predicted octanol–water partition coefficient (Wildman–Crippen LogP) is 4.09. The van der Waals surface area contributed by atoms with Crippen LogP contribution >= 0.6 is 11.3 Å². The highest BCUT2D eigenvalue weighted by molar-refractivity contribution is 7.09. The number of rotatable bonds is 7. The summed E-state index contributed by atoms with van der Waals surface area (Å²) < 4.78 is 13.0. The van der Waals surface area contributed by atoms with E-state index < -0.39 is 0 Å². The Kier molecular flexibility index (Phi) is 5.13. The second kappa shape index (κ2) is 8.03. The number of hydrogen-bond donors (Lipinski definition) is 1. The Morgan fingerprint density at radius 1 is 1.29 bits per heavy atom. The first kappa shape index (κ1) is 17.9. The SMILES string of the molecule is C#CCOc1ccc(-c2nc3cnccn3c2NCc2cccs2)cc1OC. The van der Waals surface area contributed by atoms with Gasteiger partial charge in [-0.1, -0.05) is 12.0 Å². The third-order valence-corrected chi connectivity index (χ3v) is 5.06. The number of nitrogens with zero attached hydrogens (tertiary/aromatic N) is 3. The standard InChI is InChI=1S/C21H18N4O2S/c1-3-10-27-17-7-6-15(12-18(17)26-2)20-21(23-13-16-5-4-11-28-16)25-9-8-22-14-19(25)24-20/h1,4-9,11-12,14,23H,10,13H2,2H3. The molecule has 0 saturated heterocycles. The largest absolute Gasteiger partial charge is 0.493 e. The molecule has 0 amide bonds. The molecule has 4 rings (SSSR count). The van der Waals surface area contributed by atoms with Gasteiger partial charge in [0.2, 0.25) is 0 Å². The van der Waals surface area contributed by atoms with E-state index in [2.05, 4.69) is 27.7 Å². The molecule has 1 N–H and O–H groups in total. The number of hydrogen-bond acceptors (Lipinski definition) is 6. The lowest BCUT2D eigenvalue weighted by molar-refractivity contribution is 0.331. The average molecular weight is 390 g/mol. The average Bonchev–Trinajstić information content (AvgIpc) is 3.38. The molecule has 0 bridgehead atoms. The lowest BCUT2D eigenvalue weighted by Gasteiger charge is -2.11. The van der Waals surface area contributed by atoms with Crippen LogP contribution in [0.15, 0.2) is 54.3 Å². The molecule has 0 aliphatic carbocycles. The minimum absolute atomic E-state index is 0.184. The Morgan fingerprint density at radius 3 is 3.00 bits per heavy atom. The molecule has 0 atom stereocenters. The maximum atomic E-state index is 5.54. The van der Waals surface area contributed by atoms with E-state index in [1.54, 1.807) is 30.8 Å². The smallest absolute Gasteiger partial charge is 0.162 e. The number of aromatic nitrogens is 3. The van der Waals surface area contributed by atoms with Crippen molar-refractivity contribution in [3.63, 3.8) is 0 Å². The van der Waals surface area contributed by atoms with Crippen LogP contribution in [0, 0.1) is 12.3 Å². The fraction of sp³-hybridized carbons (Fsp3) is 0.143. The van der Waals surface area contributed by atoms with Crippen LogP contribution in [0.1, 0.15) is 4.88 Å². The molecule has 0 saturated carbocycles. The van der Waals surface area contributed by atoms with Gasteiger partial charge in [0.1, 0.15) is 18.1 Å². The summed E-state index contributed by atoms with van der Waals surface area (Å²) in [6.45, 7) is 0.893. The zero-order chi connectivity index (χ0) is 19.3. The summed E-state index contributed by atoms with van der Waals surface area (Å²) in [4.78, 5) is 10.2. The number of benzene rings is 1. The molecule has 28 heavy (non-hydrogen) atoms.